The molecule has 0 radical (unpaired) electrons. The molecule has 1 nitrogen and oxygen atoms in total. The molecule has 3 rings (SSSR count). The Hall–Kier alpha value is -1.28. The number of rotatable bonds is 0. The third-order valence-corrected chi connectivity index (χ3v) is 2.96. The molecule has 0 amide bonds. The molecule has 0 aliphatic rings. The zero-order valence-corrected chi connectivity index (χ0v) is 12.6. The Morgan fingerprint density at radius 1 is 0.889 bits per heavy atom. The fraction of sp³-hybridized carbons (Fsp3) is 0.250. The number of benzene rings is 2. The molecule has 0 fully saturated rings. The van der Waals surface area contributed by atoms with E-state index in [1.54, 1.807) is 0 Å². The van der Waals surface area contributed by atoms with Gasteiger partial charge in [-0.15, -0.1) is 0 Å². The molecule has 0 aliphatic carbocycles. The van der Waals surface area contributed by atoms with E-state index in [0.29, 0.717) is 0 Å². The number of hydrogen-bond acceptors (Lipinski definition) is 0. The van der Waals surface area contributed by atoms with Crippen LogP contribution < -0.4 is 0 Å². The number of hydrogen-bond donors (Lipinski definition) is 1. The monoisotopic (exact) mass is 303 g/mol. The van der Waals surface area contributed by atoms with Crippen LogP contribution in [0.2, 0.25) is 0 Å². The largest absolute Gasteiger partial charge is 0.355 e. The molecule has 0 atom stereocenters. The highest BCUT2D eigenvalue weighted by atomic mass is 79.9. The van der Waals surface area contributed by atoms with Gasteiger partial charge in [0.05, 0.1) is 0 Å². The number of aromatic amines is 1. The average molecular weight is 304 g/mol. The van der Waals surface area contributed by atoms with E-state index in [0.717, 1.165) is 10.4 Å². The number of fused-ring (bicyclic) bond motifs is 3. The van der Waals surface area contributed by atoms with Gasteiger partial charge in [0.2, 0.25) is 0 Å². The predicted molar refractivity (Wildman–Crippen MR) is 84.0 cm³/mol. The highest BCUT2D eigenvalue weighted by molar-refractivity contribution is 9.10. The van der Waals surface area contributed by atoms with Crippen molar-refractivity contribution < 1.29 is 0 Å². The fourth-order valence-corrected chi connectivity index (χ4v) is 2.18. The van der Waals surface area contributed by atoms with Gasteiger partial charge < -0.3 is 4.98 Å². The van der Waals surface area contributed by atoms with Crippen molar-refractivity contribution in [3.8, 4) is 0 Å². The molecule has 0 saturated heterocycles. The maximum absolute atomic E-state index is 3.49. The van der Waals surface area contributed by atoms with Crippen LogP contribution in [0.3, 0.4) is 0 Å². The summed E-state index contributed by atoms with van der Waals surface area (Å²) >= 11 is 3.49. The van der Waals surface area contributed by atoms with E-state index in [2.05, 4.69) is 78.1 Å². The van der Waals surface area contributed by atoms with Crippen molar-refractivity contribution in [3.63, 3.8) is 0 Å². The third kappa shape index (κ3) is 2.94. The minimum absolute atomic E-state index is 0.833. The first-order chi connectivity index (χ1) is 8.58. The Bertz CT molecular complexity index is 650. The molecule has 0 saturated carbocycles. The minimum atomic E-state index is 0.833. The Morgan fingerprint density at radius 3 is 2.22 bits per heavy atom. The summed E-state index contributed by atoms with van der Waals surface area (Å²) in [5.74, 6) is 0.833. The Morgan fingerprint density at radius 2 is 1.50 bits per heavy atom. The van der Waals surface area contributed by atoms with Gasteiger partial charge in [0.25, 0.3) is 0 Å². The molecule has 1 heterocycles. The van der Waals surface area contributed by atoms with Crippen molar-refractivity contribution in [3.05, 3.63) is 46.9 Å². The Balaban J connectivity index is 0.000000267. The molecule has 0 spiro atoms. The molecule has 0 bridgehead atoms. The molecule has 3 aromatic rings. The number of H-pyrrole nitrogens is 1. The minimum Gasteiger partial charge on any atom is -0.355 e. The van der Waals surface area contributed by atoms with E-state index in [9.17, 15) is 0 Å². The predicted octanol–water partition coefficient (Wildman–Crippen LogP) is 5.75. The first-order valence-electron chi connectivity index (χ1n) is 6.24. The lowest BCUT2D eigenvalue weighted by atomic mass is 10.2. The summed E-state index contributed by atoms with van der Waals surface area (Å²) in [6, 6.07) is 14.7. The fourth-order valence-electron chi connectivity index (χ4n) is 1.82. The van der Waals surface area contributed by atoms with Gasteiger partial charge in [-0.05, 0) is 30.2 Å². The average Bonchev–Trinajstić information content (AvgIpc) is 2.66. The van der Waals surface area contributed by atoms with Crippen molar-refractivity contribution in [1.29, 1.82) is 0 Å². The number of para-hydroxylation sites is 1. The topological polar surface area (TPSA) is 15.8 Å². The van der Waals surface area contributed by atoms with Crippen LogP contribution in [-0.4, -0.2) is 4.98 Å². The van der Waals surface area contributed by atoms with Crippen LogP contribution in [0.4, 0.5) is 0 Å². The van der Waals surface area contributed by atoms with Crippen molar-refractivity contribution >= 4 is 37.7 Å². The van der Waals surface area contributed by atoms with Crippen molar-refractivity contribution in [2.24, 2.45) is 5.92 Å². The summed E-state index contributed by atoms with van der Waals surface area (Å²) in [7, 11) is 0. The van der Waals surface area contributed by atoms with Gasteiger partial charge in [0.15, 0.2) is 0 Å². The molecular weight excluding hydrogens is 286 g/mol. The maximum Gasteiger partial charge on any atom is 0.0465 e. The van der Waals surface area contributed by atoms with Crippen LogP contribution in [0.25, 0.3) is 21.8 Å². The first kappa shape index (κ1) is 13.2. The van der Waals surface area contributed by atoms with Crippen LogP contribution in [0.5, 0.6) is 0 Å². The van der Waals surface area contributed by atoms with Gasteiger partial charge in [-0.3, -0.25) is 0 Å². The van der Waals surface area contributed by atoms with Gasteiger partial charge in [-0.2, -0.15) is 0 Å². The molecular formula is C16H18BrN. The van der Waals surface area contributed by atoms with E-state index >= 15 is 0 Å². The third-order valence-electron chi connectivity index (χ3n) is 2.47. The van der Waals surface area contributed by atoms with Gasteiger partial charge in [0, 0.05) is 26.3 Å². The lowest BCUT2D eigenvalue weighted by molar-refractivity contribution is 0.737. The zero-order chi connectivity index (χ0) is 13.1. The number of halogens is 1. The molecule has 2 heteroatoms. The van der Waals surface area contributed by atoms with E-state index in [1.807, 2.05) is 6.07 Å². The van der Waals surface area contributed by atoms with E-state index < -0.39 is 0 Å². The van der Waals surface area contributed by atoms with E-state index in [-0.39, 0.29) is 0 Å². The molecule has 94 valence electrons. The van der Waals surface area contributed by atoms with Gasteiger partial charge in [-0.1, -0.05) is 54.9 Å². The smallest absolute Gasteiger partial charge is 0.0465 e. The van der Waals surface area contributed by atoms with Crippen molar-refractivity contribution in [2.45, 2.75) is 20.8 Å². The summed E-state index contributed by atoms with van der Waals surface area (Å²) in [6.07, 6.45) is 0. The SMILES string of the molecule is Brc1ccc2[nH]c3ccccc3c2c1.CC(C)C. The van der Waals surface area contributed by atoms with Crippen LogP contribution in [0.1, 0.15) is 20.8 Å². The number of nitrogens with one attached hydrogen (secondary N) is 1. The molecule has 0 unspecified atom stereocenters. The first-order valence-corrected chi connectivity index (χ1v) is 7.03. The second-order valence-corrected chi connectivity index (χ2v) is 6.01. The van der Waals surface area contributed by atoms with Crippen LogP contribution in [0.15, 0.2) is 46.9 Å². The second-order valence-electron chi connectivity index (χ2n) is 5.09. The van der Waals surface area contributed by atoms with E-state index in [1.165, 1.54) is 21.8 Å². The summed E-state index contributed by atoms with van der Waals surface area (Å²) in [5.41, 5.74) is 2.38. The van der Waals surface area contributed by atoms with Crippen molar-refractivity contribution in [1.82, 2.24) is 4.98 Å². The standard InChI is InChI=1S/C12H8BrN.C4H10/c13-8-5-6-12-10(7-8)9-3-1-2-4-11(9)14-12;1-4(2)3/h1-7,14H;4H,1-3H3. The molecule has 2 aromatic carbocycles. The van der Waals surface area contributed by atoms with Crippen LogP contribution in [-0.2, 0) is 0 Å². The molecule has 1 aromatic heterocycles. The lowest BCUT2D eigenvalue weighted by Crippen LogP contribution is -1.66. The molecule has 1 N–H and O–H groups in total. The van der Waals surface area contributed by atoms with Crippen LogP contribution in [0, 0.1) is 5.92 Å². The normalized spacial score (nSPS) is 10.7. The van der Waals surface area contributed by atoms with E-state index in [4.69, 9.17) is 0 Å². The maximum atomic E-state index is 3.49. The highest BCUT2D eigenvalue weighted by Gasteiger charge is 2.02. The number of aromatic nitrogens is 1. The molecule has 0 aliphatic heterocycles. The Kier molecular flexibility index (Phi) is 4.07. The zero-order valence-electron chi connectivity index (χ0n) is 11.0. The Labute approximate surface area is 116 Å². The van der Waals surface area contributed by atoms with Crippen LogP contribution >= 0.6 is 15.9 Å². The van der Waals surface area contributed by atoms with Crippen molar-refractivity contribution in [2.75, 3.05) is 0 Å². The highest BCUT2D eigenvalue weighted by Crippen LogP contribution is 2.27. The summed E-state index contributed by atoms with van der Waals surface area (Å²) in [6.45, 7) is 6.50. The second kappa shape index (κ2) is 5.57. The van der Waals surface area contributed by atoms with Gasteiger partial charge in [-0.25, -0.2) is 0 Å². The lowest BCUT2D eigenvalue weighted by Gasteiger charge is -1.91. The quantitative estimate of drug-likeness (QED) is 0.544. The summed E-state index contributed by atoms with van der Waals surface area (Å²) in [4.78, 5) is 3.38. The summed E-state index contributed by atoms with van der Waals surface area (Å²) in [5, 5.41) is 2.55. The van der Waals surface area contributed by atoms with Gasteiger partial charge >= 0.3 is 0 Å². The molecule has 18 heavy (non-hydrogen) atoms. The summed E-state index contributed by atoms with van der Waals surface area (Å²) < 4.78 is 1.12. The van der Waals surface area contributed by atoms with Gasteiger partial charge in [0.1, 0.15) is 0 Å².